The third-order valence-corrected chi connectivity index (χ3v) is 8.73. The molecule has 0 saturated heterocycles. The van der Waals surface area contributed by atoms with Crippen LogP contribution in [0.2, 0.25) is 0 Å². The third kappa shape index (κ3) is 7.27. The fraction of sp³-hybridized carbons (Fsp3) is 0.258. The highest BCUT2D eigenvalue weighted by Gasteiger charge is 2.30. The number of nitrogens with zero attached hydrogens (tertiary/aromatic N) is 3. The van der Waals surface area contributed by atoms with Gasteiger partial charge in [0.05, 0.1) is 36.0 Å². The number of nitrogens with one attached hydrogen (secondary N) is 1. The van der Waals surface area contributed by atoms with Gasteiger partial charge in [0.25, 0.3) is 0 Å². The van der Waals surface area contributed by atoms with Crippen molar-refractivity contribution in [3.8, 4) is 17.3 Å². The molecule has 0 aliphatic rings. The minimum Gasteiger partial charge on any atom is -0.427 e. The van der Waals surface area contributed by atoms with Crippen LogP contribution in [0.5, 0.6) is 0 Å². The van der Waals surface area contributed by atoms with E-state index in [0.29, 0.717) is 28.2 Å². The van der Waals surface area contributed by atoms with Gasteiger partial charge in [-0.3, -0.25) is 13.9 Å². The zero-order valence-corrected chi connectivity index (χ0v) is 24.9. The van der Waals surface area contributed by atoms with Gasteiger partial charge in [-0.05, 0) is 55.8 Å². The molecule has 0 aliphatic heterocycles. The molecule has 230 valence electrons. The van der Waals surface area contributed by atoms with Crippen LogP contribution in [0, 0.1) is 0 Å². The van der Waals surface area contributed by atoms with Gasteiger partial charge in [0.15, 0.2) is 0 Å². The maximum absolute atomic E-state index is 13.2. The molecule has 0 fully saturated rings. The molecule has 13 heteroatoms. The Morgan fingerprint density at radius 3 is 2.32 bits per heavy atom. The first kappa shape index (κ1) is 31.2. The number of alkyl halides is 3. The highest BCUT2D eigenvalue weighted by atomic mass is 31.2. The molecule has 9 nitrogen and oxygen atoms in total. The molecule has 0 spiro atoms. The van der Waals surface area contributed by atoms with Crippen molar-refractivity contribution in [1.29, 1.82) is 0 Å². The zero-order valence-electron chi connectivity index (χ0n) is 24.0. The summed E-state index contributed by atoms with van der Waals surface area (Å²) >= 11 is 0. The molecule has 0 bridgehead atoms. The van der Waals surface area contributed by atoms with Crippen molar-refractivity contribution in [3.05, 3.63) is 96.0 Å². The number of hydrogen-bond donors (Lipinski definition) is 1. The maximum Gasteiger partial charge on any atom is 0.416 e. The van der Waals surface area contributed by atoms with Gasteiger partial charge in [-0.25, -0.2) is 4.98 Å². The molecular weight excluding hydrogens is 596 g/mol. The highest BCUT2D eigenvalue weighted by molar-refractivity contribution is 7.53. The second-order valence-corrected chi connectivity index (χ2v) is 11.9. The first-order chi connectivity index (χ1) is 21.1. The fourth-order valence-corrected chi connectivity index (χ4v) is 6.36. The SMILES string of the molecule is CCOP(=O)(Cc1ccc(NC(=O)CCc2oc(-n3cnc4ccccc43)nc2-c2ccc(C(F)(F)F)cc2)cc1)OCC. The van der Waals surface area contributed by atoms with E-state index in [0.717, 1.165) is 23.2 Å². The molecule has 5 rings (SSSR count). The van der Waals surface area contributed by atoms with Crippen molar-refractivity contribution < 1.29 is 36.0 Å². The van der Waals surface area contributed by atoms with Gasteiger partial charge in [0, 0.05) is 24.1 Å². The van der Waals surface area contributed by atoms with Gasteiger partial charge in [0.2, 0.25) is 5.91 Å². The van der Waals surface area contributed by atoms with Gasteiger partial charge in [-0.2, -0.15) is 18.2 Å². The number of carbonyl (C=O) groups is 1. The molecular formula is C31H30F3N4O5P. The van der Waals surface area contributed by atoms with Crippen LogP contribution >= 0.6 is 7.60 Å². The Balaban J connectivity index is 1.33. The quantitative estimate of drug-likeness (QED) is 0.140. The number of oxazole rings is 1. The van der Waals surface area contributed by atoms with Gasteiger partial charge >= 0.3 is 19.8 Å². The average Bonchev–Trinajstić information content (AvgIpc) is 3.61. The molecule has 3 aromatic carbocycles. The lowest BCUT2D eigenvalue weighted by Crippen LogP contribution is -2.12. The van der Waals surface area contributed by atoms with Gasteiger partial charge in [-0.15, -0.1) is 0 Å². The first-order valence-corrected chi connectivity index (χ1v) is 15.7. The number of imidazole rings is 1. The molecule has 2 heterocycles. The second-order valence-electron chi connectivity index (χ2n) is 9.80. The Morgan fingerprint density at radius 2 is 1.66 bits per heavy atom. The number of aromatic nitrogens is 3. The number of fused-ring (bicyclic) bond motifs is 1. The summed E-state index contributed by atoms with van der Waals surface area (Å²) in [4.78, 5) is 21.8. The summed E-state index contributed by atoms with van der Waals surface area (Å²) in [7, 11) is -3.27. The summed E-state index contributed by atoms with van der Waals surface area (Å²) in [5.74, 6) is 0.0297. The largest absolute Gasteiger partial charge is 0.427 e. The number of rotatable bonds is 12. The monoisotopic (exact) mass is 626 g/mol. The van der Waals surface area contributed by atoms with Crippen LogP contribution in [0.3, 0.4) is 0 Å². The molecule has 0 atom stereocenters. The Kier molecular flexibility index (Phi) is 9.33. The molecule has 0 radical (unpaired) electrons. The van der Waals surface area contributed by atoms with E-state index in [1.807, 2.05) is 24.3 Å². The van der Waals surface area contributed by atoms with Crippen LogP contribution in [0.25, 0.3) is 28.3 Å². The summed E-state index contributed by atoms with van der Waals surface area (Å²) < 4.78 is 70.7. The number of anilines is 1. The lowest BCUT2D eigenvalue weighted by atomic mass is 10.1. The number of hydrogen-bond acceptors (Lipinski definition) is 7. The minimum atomic E-state index is -4.48. The lowest BCUT2D eigenvalue weighted by molar-refractivity contribution is -0.137. The summed E-state index contributed by atoms with van der Waals surface area (Å²) in [6.45, 7) is 4.02. The predicted molar refractivity (Wildman–Crippen MR) is 160 cm³/mol. The van der Waals surface area contributed by atoms with Crippen LogP contribution < -0.4 is 5.32 Å². The lowest BCUT2D eigenvalue weighted by Gasteiger charge is -2.17. The number of benzene rings is 3. The Bertz CT molecular complexity index is 1770. The van der Waals surface area contributed by atoms with Crippen LogP contribution in [-0.4, -0.2) is 33.7 Å². The summed E-state index contributed by atoms with van der Waals surface area (Å²) in [6, 6.07) is 19.0. The van der Waals surface area contributed by atoms with Crippen molar-refractivity contribution >= 4 is 30.2 Å². The fourth-order valence-electron chi connectivity index (χ4n) is 4.66. The molecule has 0 aliphatic carbocycles. The molecule has 44 heavy (non-hydrogen) atoms. The Morgan fingerprint density at radius 1 is 0.977 bits per heavy atom. The second kappa shape index (κ2) is 13.2. The van der Waals surface area contributed by atoms with Crippen molar-refractivity contribution in [2.75, 3.05) is 18.5 Å². The normalized spacial score (nSPS) is 12.1. The third-order valence-electron chi connectivity index (χ3n) is 6.68. The van der Waals surface area contributed by atoms with Gasteiger partial charge in [-0.1, -0.05) is 36.4 Å². The molecule has 1 N–H and O–H groups in total. The molecule has 0 unspecified atom stereocenters. The topological polar surface area (TPSA) is 108 Å². The molecule has 1 amide bonds. The molecule has 0 saturated carbocycles. The van der Waals surface area contributed by atoms with Crippen molar-refractivity contribution in [2.45, 2.75) is 39.0 Å². The van der Waals surface area contributed by atoms with Crippen LogP contribution in [-0.2, 0) is 37.2 Å². The Hall–Kier alpha value is -4.25. The number of halogens is 3. The van der Waals surface area contributed by atoms with Crippen molar-refractivity contribution in [3.63, 3.8) is 0 Å². The molecule has 5 aromatic rings. The molecule has 2 aromatic heterocycles. The average molecular weight is 627 g/mol. The van der Waals surface area contributed by atoms with E-state index in [1.165, 1.54) is 12.1 Å². The van der Waals surface area contributed by atoms with Crippen LogP contribution in [0.1, 0.15) is 37.2 Å². The van der Waals surface area contributed by atoms with Crippen LogP contribution in [0.4, 0.5) is 18.9 Å². The number of para-hydroxylation sites is 2. The van der Waals surface area contributed by atoms with Gasteiger partial charge < -0.3 is 18.8 Å². The van der Waals surface area contributed by atoms with E-state index in [-0.39, 0.29) is 44.1 Å². The zero-order chi connectivity index (χ0) is 31.3. The van der Waals surface area contributed by atoms with Crippen LogP contribution in [0.15, 0.2) is 83.5 Å². The summed E-state index contributed by atoms with van der Waals surface area (Å²) in [5, 5.41) is 2.82. The van der Waals surface area contributed by atoms with E-state index < -0.39 is 19.3 Å². The number of amides is 1. The predicted octanol–water partition coefficient (Wildman–Crippen LogP) is 8.04. The number of aryl methyl sites for hydroxylation is 1. The smallest absolute Gasteiger partial charge is 0.416 e. The van der Waals surface area contributed by atoms with Gasteiger partial charge in [0.1, 0.15) is 17.8 Å². The van der Waals surface area contributed by atoms with E-state index in [4.69, 9.17) is 13.5 Å². The minimum absolute atomic E-state index is 0.0125. The van der Waals surface area contributed by atoms with Crippen molar-refractivity contribution in [2.24, 2.45) is 0 Å². The van der Waals surface area contributed by atoms with E-state index in [1.54, 1.807) is 49.0 Å². The van der Waals surface area contributed by atoms with E-state index in [2.05, 4.69) is 15.3 Å². The summed E-state index contributed by atoms with van der Waals surface area (Å²) in [5.41, 5.74) is 2.68. The highest BCUT2D eigenvalue weighted by Crippen LogP contribution is 2.51. The standard InChI is InChI=1S/C31H30F3N4O5P/c1-3-41-44(40,42-4-2)19-21-9-15-24(16-10-21)36-28(39)18-17-27-29(22-11-13-23(14-12-22)31(32,33)34)37-30(43-27)38-20-35-25-7-5-6-8-26(25)38/h5-16,20H,3-4,17-19H2,1-2H3,(H,36,39). The summed E-state index contributed by atoms with van der Waals surface area (Å²) in [6.07, 6.45) is -2.68. The number of carbonyl (C=O) groups excluding carboxylic acids is 1. The maximum atomic E-state index is 13.2. The van der Waals surface area contributed by atoms with E-state index in [9.17, 15) is 22.5 Å². The Labute approximate surface area is 251 Å². The van der Waals surface area contributed by atoms with Crippen molar-refractivity contribution in [1.82, 2.24) is 14.5 Å². The first-order valence-electron chi connectivity index (χ1n) is 14.0. The van der Waals surface area contributed by atoms with E-state index >= 15 is 0 Å².